The maximum Gasteiger partial charge on any atom is 0.254 e. The smallest absolute Gasteiger partial charge is 0.254 e. The van der Waals surface area contributed by atoms with Crippen LogP contribution in [-0.2, 0) is 17.8 Å². The molecule has 2 amide bonds. The van der Waals surface area contributed by atoms with E-state index in [-0.39, 0.29) is 17.9 Å². The molecule has 1 fully saturated rings. The van der Waals surface area contributed by atoms with Gasteiger partial charge in [-0.15, -0.1) is 0 Å². The molecule has 1 aliphatic rings. The highest BCUT2D eigenvalue weighted by molar-refractivity contribution is 5.95. The molecule has 2 heterocycles. The fourth-order valence-electron chi connectivity index (χ4n) is 3.36. The minimum atomic E-state index is -0.0577. The zero-order chi connectivity index (χ0) is 18.6. The van der Waals surface area contributed by atoms with Crippen molar-refractivity contribution in [3.8, 4) is 0 Å². The van der Waals surface area contributed by atoms with Crippen LogP contribution in [-0.4, -0.2) is 45.6 Å². The predicted molar refractivity (Wildman–Crippen MR) is 98.3 cm³/mol. The van der Waals surface area contributed by atoms with E-state index in [0.717, 1.165) is 38.2 Å². The number of nitrogens with one attached hydrogen (secondary N) is 1. The Labute approximate surface area is 150 Å². The van der Waals surface area contributed by atoms with E-state index in [4.69, 9.17) is 0 Å². The Bertz CT molecular complexity index is 629. The van der Waals surface area contributed by atoms with Gasteiger partial charge < -0.3 is 10.2 Å². The molecule has 138 valence electrons. The molecule has 1 atom stereocenters. The molecule has 1 N–H and O–H groups in total. The summed E-state index contributed by atoms with van der Waals surface area (Å²) in [5.74, 6) is 0.851. The summed E-state index contributed by atoms with van der Waals surface area (Å²) in [6, 6.07) is 0.0663. The molecule has 1 unspecified atom stereocenters. The van der Waals surface area contributed by atoms with Crippen molar-refractivity contribution >= 4 is 11.8 Å². The van der Waals surface area contributed by atoms with Crippen molar-refractivity contribution in [2.45, 2.75) is 53.1 Å². The second kappa shape index (κ2) is 8.32. The zero-order valence-electron chi connectivity index (χ0n) is 15.8. The first kappa shape index (κ1) is 19.2. The van der Waals surface area contributed by atoms with E-state index < -0.39 is 0 Å². The van der Waals surface area contributed by atoms with Crippen molar-refractivity contribution in [3.05, 3.63) is 30.1 Å². The number of amides is 2. The monoisotopic (exact) mass is 346 g/mol. The van der Waals surface area contributed by atoms with E-state index in [0.29, 0.717) is 17.4 Å². The summed E-state index contributed by atoms with van der Waals surface area (Å²) in [5.41, 5.74) is 1.66. The number of hydrogen-bond acceptors (Lipinski definition) is 3. The van der Waals surface area contributed by atoms with Gasteiger partial charge in [0.05, 0.1) is 17.5 Å². The molecule has 25 heavy (non-hydrogen) atoms. The van der Waals surface area contributed by atoms with Crippen LogP contribution in [0.5, 0.6) is 0 Å². The van der Waals surface area contributed by atoms with Gasteiger partial charge in [0.25, 0.3) is 5.91 Å². The summed E-state index contributed by atoms with van der Waals surface area (Å²) in [4.78, 5) is 25.8. The lowest BCUT2D eigenvalue weighted by Gasteiger charge is -2.40. The molecular formula is C19H30N4O2. The number of likely N-dealkylation sites (tertiary alicyclic amines) is 1. The van der Waals surface area contributed by atoms with Crippen LogP contribution < -0.4 is 5.32 Å². The molecule has 0 radical (unpaired) electrons. The fraction of sp³-hybridized carbons (Fsp3) is 0.632. The minimum Gasteiger partial charge on any atom is -0.349 e. The van der Waals surface area contributed by atoms with Gasteiger partial charge in [0.1, 0.15) is 0 Å². The molecule has 0 aromatic carbocycles. The molecule has 1 saturated heterocycles. The van der Waals surface area contributed by atoms with Crippen molar-refractivity contribution in [3.63, 3.8) is 0 Å². The lowest BCUT2D eigenvalue weighted by molar-refractivity contribution is -0.132. The Morgan fingerprint density at radius 1 is 1.40 bits per heavy atom. The first-order chi connectivity index (χ1) is 11.8. The highest BCUT2D eigenvalue weighted by Crippen LogP contribution is 2.21. The van der Waals surface area contributed by atoms with Crippen LogP contribution in [0, 0.1) is 11.8 Å². The topological polar surface area (TPSA) is 67.2 Å². The van der Waals surface area contributed by atoms with Gasteiger partial charge in [-0.3, -0.25) is 14.3 Å². The van der Waals surface area contributed by atoms with Crippen LogP contribution in [0.25, 0.3) is 0 Å². The first-order valence-corrected chi connectivity index (χ1v) is 9.12. The highest BCUT2D eigenvalue weighted by Gasteiger charge is 2.30. The van der Waals surface area contributed by atoms with Gasteiger partial charge in [-0.2, -0.15) is 5.10 Å². The van der Waals surface area contributed by atoms with E-state index in [2.05, 4.69) is 30.8 Å². The van der Waals surface area contributed by atoms with Crippen LogP contribution in [0.4, 0.5) is 0 Å². The number of carbonyl (C=O) groups is 2. The van der Waals surface area contributed by atoms with Crippen LogP contribution in [0.2, 0.25) is 0 Å². The van der Waals surface area contributed by atoms with Crippen molar-refractivity contribution in [1.29, 1.82) is 0 Å². The third-order valence-corrected chi connectivity index (χ3v) is 4.57. The molecule has 0 bridgehead atoms. The predicted octanol–water partition coefficient (Wildman–Crippen LogP) is 2.25. The SMILES string of the molecule is C=CC(=O)N1CC(CC(C)NC(=O)c2cnn(CC(C)C)c2CC)C1. The van der Waals surface area contributed by atoms with Gasteiger partial charge in [0, 0.05) is 25.7 Å². The molecule has 0 spiro atoms. The molecule has 2 rings (SSSR count). The summed E-state index contributed by atoms with van der Waals surface area (Å²) < 4.78 is 1.94. The summed E-state index contributed by atoms with van der Waals surface area (Å²) in [7, 11) is 0. The molecule has 0 saturated carbocycles. The first-order valence-electron chi connectivity index (χ1n) is 9.12. The molecule has 6 heteroatoms. The van der Waals surface area contributed by atoms with E-state index in [1.807, 2.05) is 18.5 Å². The average molecular weight is 346 g/mol. The van der Waals surface area contributed by atoms with E-state index in [1.165, 1.54) is 6.08 Å². The number of carbonyl (C=O) groups excluding carboxylic acids is 2. The minimum absolute atomic E-state index is 0.0157. The number of nitrogens with zero attached hydrogens (tertiary/aromatic N) is 3. The summed E-state index contributed by atoms with van der Waals surface area (Å²) in [6.07, 6.45) is 4.68. The van der Waals surface area contributed by atoms with Crippen molar-refractivity contribution in [2.75, 3.05) is 13.1 Å². The molecule has 1 aliphatic heterocycles. The van der Waals surface area contributed by atoms with Crippen molar-refractivity contribution in [1.82, 2.24) is 20.0 Å². The Morgan fingerprint density at radius 2 is 2.08 bits per heavy atom. The van der Waals surface area contributed by atoms with Gasteiger partial charge in [-0.25, -0.2) is 0 Å². The zero-order valence-corrected chi connectivity index (χ0v) is 15.8. The fourth-order valence-corrected chi connectivity index (χ4v) is 3.36. The second-order valence-electron chi connectivity index (χ2n) is 7.36. The maximum absolute atomic E-state index is 12.6. The Hall–Kier alpha value is -2.11. The van der Waals surface area contributed by atoms with Gasteiger partial charge in [0.15, 0.2) is 0 Å². The molecule has 1 aromatic rings. The standard InChI is InChI=1S/C19H30N4O2/c1-6-17-16(9-20-23(17)10-13(3)4)19(25)21-14(5)8-15-11-22(12-15)18(24)7-2/h7,9,13-15H,2,6,8,10-12H2,1,3-5H3,(H,21,25). The van der Waals surface area contributed by atoms with E-state index in [9.17, 15) is 9.59 Å². The Morgan fingerprint density at radius 3 is 2.64 bits per heavy atom. The summed E-state index contributed by atoms with van der Waals surface area (Å²) >= 11 is 0. The van der Waals surface area contributed by atoms with E-state index >= 15 is 0 Å². The van der Waals surface area contributed by atoms with Gasteiger partial charge in [-0.1, -0.05) is 27.4 Å². The van der Waals surface area contributed by atoms with Crippen molar-refractivity contribution < 1.29 is 9.59 Å². The quantitative estimate of drug-likeness (QED) is 0.734. The molecular weight excluding hydrogens is 316 g/mol. The lowest BCUT2D eigenvalue weighted by Crippen LogP contribution is -2.51. The van der Waals surface area contributed by atoms with Crippen LogP contribution in [0.3, 0.4) is 0 Å². The third kappa shape index (κ3) is 4.71. The Kier molecular flexibility index (Phi) is 6.39. The third-order valence-electron chi connectivity index (χ3n) is 4.57. The van der Waals surface area contributed by atoms with Gasteiger partial charge >= 0.3 is 0 Å². The lowest BCUT2D eigenvalue weighted by atomic mass is 9.92. The number of rotatable bonds is 8. The number of hydrogen-bond donors (Lipinski definition) is 1. The van der Waals surface area contributed by atoms with E-state index in [1.54, 1.807) is 11.1 Å². The largest absolute Gasteiger partial charge is 0.349 e. The summed E-state index contributed by atoms with van der Waals surface area (Å²) in [6.45, 7) is 14.2. The Balaban J connectivity index is 1.88. The average Bonchev–Trinajstić information content (AvgIpc) is 2.91. The maximum atomic E-state index is 12.6. The van der Waals surface area contributed by atoms with Crippen LogP contribution in [0.1, 0.15) is 50.2 Å². The van der Waals surface area contributed by atoms with Gasteiger partial charge in [0.2, 0.25) is 5.91 Å². The number of aromatic nitrogens is 2. The molecule has 0 aliphatic carbocycles. The molecule has 6 nitrogen and oxygen atoms in total. The van der Waals surface area contributed by atoms with Gasteiger partial charge in [-0.05, 0) is 37.7 Å². The van der Waals surface area contributed by atoms with Crippen LogP contribution >= 0.6 is 0 Å². The highest BCUT2D eigenvalue weighted by atomic mass is 16.2. The van der Waals surface area contributed by atoms with Crippen molar-refractivity contribution in [2.24, 2.45) is 11.8 Å². The van der Waals surface area contributed by atoms with Crippen LogP contribution in [0.15, 0.2) is 18.9 Å². The normalized spacial score (nSPS) is 15.8. The summed E-state index contributed by atoms with van der Waals surface area (Å²) in [5, 5.41) is 7.46. The molecule has 1 aromatic heterocycles. The second-order valence-corrected chi connectivity index (χ2v) is 7.36.